The quantitative estimate of drug-likeness (QED) is 0.560. The van der Waals surface area contributed by atoms with Gasteiger partial charge in [-0.1, -0.05) is 36.4 Å². The van der Waals surface area contributed by atoms with E-state index in [4.69, 9.17) is 14.7 Å². The Morgan fingerprint density at radius 2 is 1.89 bits per heavy atom. The van der Waals surface area contributed by atoms with Crippen LogP contribution < -0.4 is 10.2 Å². The molecule has 1 fully saturated rings. The number of methoxy groups -OCH3 is 1. The highest BCUT2D eigenvalue weighted by molar-refractivity contribution is 5.67. The molecular formula is C26H29FN6O3. The fourth-order valence-corrected chi connectivity index (χ4v) is 4.82. The van der Waals surface area contributed by atoms with Gasteiger partial charge >= 0.3 is 6.09 Å². The first-order valence-electron chi connectivity index (χ1n) is 12.1. The summed E-state index contributed by atoms with van der Waals surface area (Å²) in [6.07, 6.45) is 1.76. The van der Waals surface area contributed by atoms with E-state index in [-0.39, 0.29) is 30.6 Å². The molecular weight excluding hydrogens is 463 g/mol. The summed E-state index contributed by atoms with van der Waals surface area (Å²) >= 11 is 0. The zero-order chi connectivity index (χ0) is 25.1. The number of aliphatic hydroxyl groups is 1. The molecule has 188 valence electrons. The Balaban J connectivity index is 1.46. The lowest BCUT2D eigenvalue weighted by atomic mass is 9.94. The Morgan fingerprint density at radius 1 is 1.11 bits per heavy atom. The molecule has 2 aliphatic heterocycles. The number of carbonyl (C=O) groups excluding carboxylic acids is 1. The number of fused-ring (bicyclic) bond motifs is 1. The third kappa shape index (κ3) is 5.08. The van der Waals surface area contributed by atoms with Crippen LogP contribution in [0, 0.1) is 5.82 Å². The van der Waals surface area contributed by atoms with E-state index in [2.05, 4.69) is 22.4 Å². The molecule has 1 aromatic heterocycles. The molecule has 0 radical (unpaired) electrons. The normalized spacial score (nSPS) is 18.0. The average Bonchev–Trinajstić information content (AvgIpc) is 2.92. The highest BCUT2D eigenvalue weighted by atomic mass is 19.1. The number of nitrogens with one attached hydrogen (secondary N) is 1. The molecule has 5 rings (SSSR count). The fourth-order valence-electron chi connectivity index (χ4n) is 4.82. The second kappa shape index (κ2) is 10.4. The lowest BCUT2D eigenvalue weighted by molar-refractivity contribution is 0.113. The van der Waals surface area contributed by atoms with Crippen molar-refractivity contribution in [3.05, 3.63) is 65.5 Å². The monoisotopic (exact) mass is 492 g/mol. The SMILES string of the molecule is COC(=O)N1CCC(Nc2nc(-c3cccc(F)c3)nc(N3Cc4ccccc4C[C@@H]3CO)n2)CC1. The number of hydrogen-bond donors (Lipinski definition) is 2. The van der Waals surface area contributed by atoms with Crippen molar-refractivity contribution >= 4 is 18.0 Å². The van der Waals surface area contributed by atoms with Gasteiger partial charge in [0.1, 0.15) is 5.82 Å². The van der Waals surface area contributed by atoms with Gasteiger partial charge in [-0.2, -0.15) is 15.0 Å². The van der Waals surface area contributed by atoms with E-state index in [1.54, 1.807) is 17.0 Å². The van der Waals surface area contributed by atoms with Crippen molar-refractivity contribution < 1.29 is 19.0 Å². The minimum atomic E-state index is -0.376. The van der Waals surface area contributed by atoms with Gasteiger partial charge in [0, 0.05) is 31.2 Å². The van der Waals surface area contributed by atoms with Crippen molar-refractivity contribution in [2.24, 2.45) is 0 Å². The number of piperidine rings is 1. The Labute approximate surface area is 209 Å². The van der Waals surface area contributed by atoms with E-state index in [1.165, 1.54) is 24.8 Å². The molecule has 1 amide bonds. The molecule has 2 aromatic carbocycles. The van der Waals surface area contributed by atoms with Gasteiger partial charge in [-0.3, -0.25) is 0 Å². The molecule has 10 heteroatoms. The van der Waals surface area contributed by atoms with E-state index < -0.39 is 0 Å². The number of aromatic nitrogens is 3. The minimum absolute atomic E-state index is 0.0515. The lowest BCUT2D eigenvalue weighted by Crippen LogP contribution is -2.44. The lowest BCUT2D eigenvalue weighted by Gasteiger charge is -2.36. The molecule has 3 aromatic rings. The number of halogens is 1. The number of rotatable bonds is 5. The van der Waals surface area contributed by atoms with Gasteiger partial charge in [-0.15, -0.1) is 0 Å². The zero-order valence-corrected chi connectivity index (χ0v) is 20.1. The maximum absolute atomic E-state index is 14.0. The molecule has 2 N–H and O–H groups in total. The van der Waals surface area contributed by atoms with Crippen molar-refractivity contribution in [2.75, 3.05) is 37.0 Å². The number of aliphatic hydroxyl groups excluding tert-OH is 1. The van der Waals surface area contributed by atoms with Crippen molar-refractivity contribution in [3.63, 3.8) is 0 Å². The average molecular weight is 493 g/mol. The number of carbonyl (C=O) groups is 1. The van der Waals surface area contributed by atoms with Gasteiger partial charge in [-0.25, -0.2) is 9.18 Å². The number of likely N-dealkylation sites (tertiary alicyclic amines) is 1. The van der Waals surface area contributed by atoms with Gasteiger partial charge in [-0.05, 0) is 42.5 Å². The summed E-state index contributed by atoms with van der Waals surface area (Å²) < 4.78 is 18.8. The summed E-state index contributed by atoms with van der Waals surface area (Å²) in [7, 11) is 1.38. The van der Waals surface area contributed by atoms with Crippen LogP contribution in [0.3, 0.4) is 0 Å². The summed E-state index contributed by atoms with van der Waals surface area (Å²) in [5.74, 6) is 0.780. The fraction of sp³-hybridized carbons (Fsp3) is 0.385. The number of ether oxygens (including phenoxy) is 1. The Morgan fingerprint density at radius 3 is 2.61 bits per heavy atom. The second-order valence-electron chi connectivity index (χ2n) is 9.11. The van der Waals surface area contributed by atoms with Crippen LogP contribution in [0.1, 0.15) is 24.0 Å². The third-order valence-corrected chi connectivity index (χ3v) is 6.79. The van der Waals surface area contributed by atoms with Crippen molar-refractivity contribution in [2.45, 2.75) is 37.9 Å². The van der Waals surface area contributed by atoms with Crippen LogP contribution in [-0.2, 0) is 17.7 Å². The van der Waals surface area contributed by atoms with Crippen LogP contribution >= 0.6 is 0 Å². The van der Waals surface area contributed by atoms with Crippen LogP contribution in [0.2, 0.25) is 0 Å². The Kier molecular flexibility index (Phi) is 6.95. The summed E-state index contributed by atoms with van der Waals surface area (Å²) in [5, 5.41) is 13.6. The predicted octanol–water partition coefficient (Wildman–Crippen LogP) is 3.24. The van der Waals surface area contributed by atoms with E-state index in [0.29, 0.717) is 62.2 Å². The first kappa shape index (κ1) is 23.9. The predicted molar refractivity (Wildman–Crippen MR) is 133 cm³/mol. The number of amides is 1. The highest BCUT2D eigenvalue weighted by Crippen LogP contribution is 2.29. The summed E-state index contributed by atoms with van der Waals surface area (Å²) in [6, 6.07) is 14.2. The maximum atomic E-state index is 14.0. The van der Waals surface area contributed by atoms with Gasteiger partial charge in [0.25, 0.3) is 0 Å². The van der Waals surface area contributed by atoms with Gasteiger partial charge in [0.2, 0.25) is 11.9 Å². The number of hydrogen-bond acceptors (Lipinski definition) is 8. The smallest absolute Gasteiger partial charge is 0.409 e. The molecule has 0 unspecified atom stereocenters. The van der Waals surface area contributed by atoms with Gasteiger partial charge in [0.15, 0.2) is 5.82 Å². The van der Waals surface area contributed by atoms with Crippen molar-refractivity contribution in [1.29, 1.82) is 0 Å². The maximum Gasteiger partial charge on any atom is 0.409 e. The molecule has 0 bridgehead atoms. The molecule has 1 saturated heterocycles. The number of nitrogens with zero attached hydrogens (tertiary/aromatic N) is 5. The standard InChI is InChI=1S/C26H29FN6O3/c1-36-26(35)32-11-9-21(10-12-32)28-24-29-23(18-7-4-8-20(27)13-18)30-25(31-24)33-15-19-6-3-2-5-17(19)14-22(33)16-34/h2-8,13,21-22,34H,9-12,14-16H2,1H3,(H,28,29,30,31)/t22-/m1/s1. The van der Waals surface area contributed by atoms with E-state index in [1.807, 2.05) is 17.0 Å². The van der Waals surface area contributed by atoms with Crippen LogP contribution in [-0.4, -0.2) is 69.9 Å². The molecule has 0 saturated carbocycles. The number of benzene rings is 2. The van der Waals surface area contributed by atoms with Gasteiger partial charge < -0.3 is 25.0 Å². The van der Waals surface area contributed by atoms with Crippen LogP contribution in [0.25, 0.3) is 11.4 Å². The first-order valence-corrected chi connectivity index (χ1v) is 12.1. The van der Waals surface area contributed by atoms with Crippen LogP contribution in [0.4, 0.5) is 21.1 Å². The zero-order valence-electron chi connectivity index (χ0n) is 20.1. The molecule has 1 atom stereocenters. The summed E-state index contributed by atoms with van der Waals surface area (Å²) in [6.45, 7) is 1.62. The highest BCUT2D eigenvalue weighted by Gasteiger charge is 2.29. The second-order valence-corrected chi connectivity index (χ2v) is 9.11. The van der Waals surface area contributed by atoms with E-state index in [0.717, 1.165) is 5.56 Å². The Bertz CT molecular complexity index is 1230. The minimum Gasteiger partial charge on any atom is -0.453 e. The molecule has 9 nitrogen and oxygen atoms in total. The van der Waals surface area contributed by atoms with E-state index >= 15 is 0 Å². The molecule has 36 heavy (non-hydrogen) atoms. The molecule has 0 spiro atoms. The summed E-state index contributed by atoms with van der Waals surface area (Å²) in [4.78, 5) is 29.5. The molecule has 2 aliphatic rings. The number of anilines is 2. The first-order chi connectivity index (χ1) is 17.5. The molecule has 0 aliphatic carbocycles. The third-order valence-electron chi connectivity index (χ3n) is 6.79. The van der Waals surface area contributed by atoms with Crippen molar-refractivity contribution in [1.82, 2.24) is 19.9 Å². The topological polar surface area (TPSA) is 104 Å². The van der Waals surface area contributed by atoms with Crippen LogP contribution in [0.15, 0.2) is 48.5 Å². The van der Waals surface area contributed by atoms with Crippen molar-refractivity contribution in [3.8, 4) is 11.4 Å². The molecule has 3 heterocycles. The largest absolute Gasteiger partial charge is 0.453 e. The van der Waals surface area contributed by atoms with Gasteiger partial charge in [0.05, 0.1) is 19.8 Å². The Hall–Kier alpha value is -3.79. The van der Waals surface area contributed by atoms with Crippen LogP contribution in [0.5, 0.6) is 0 Å². The summed E-state index contributed by atoms with van der Waals surface area (Å²) in [5.41, 5.74) is 2.89. The van der Waals surface area contributed by atoms with E-state index in [9.17, 15) is 14.3 Å².